The van der Waals surface area contributed by atoms with Crippen molar-refractivity contribution in [3.8, 4) is 5.75 Å². The summed E-state index contributed by atoms with van der Waals surface area (Å²) in [5, 5.41) is 0. The van der Waals surface area contributed by atoms with Gasteiger partial charge in [0, 0.05) is 30.4 Å². The van der Waals surface area contributed by atoms with E-state index in [1.54, 1.807) is 7.11 Å². The number of ether oxygens (including phenoxy) is 2. The maximum atomic E-state index is 11.7. The molecule has 0 unspecified atom stereocenters. The fraction of sp³-hybridized carbons (Fsp3) is 0.600. The minimum atomic E-state index is -0.168. The van der Waals surface area contributed by atoms with Gasteiger partial charge in [-0.05, 0) is 26.7 Å². The third kappa shape index (κ3) is 4.20. The number of pyridine rings is 1. The molecule has 20 heavy (non-hydrogen) atoms. The number of rotatable bonds is 7. The van der Waals surface area contributed by atoms with E-state index in [4.69, 9.17) is 9.47 Å². The number of nitrogens with zero attached hydrogens (tertiary/aromatic N) is 2. The van der Waals surface area contributed by atoms with Crippen LogP contribution in [0.2, 0.25) is 0 Å². The summed E-state index contributed by atoms with van der Waals surface area (Å²) >= 11 is 0. The molecule has 0 bridgehead atoms. The van der Waals surface area contributed by atoms with E-state index in [0.717, 1.165) is 30.0 Å². The molecule has 5 nitrogen and oxygen atoms in total. The van der Waals surface area contributed by atoms with Gasteiger partial charge in [-0.1, -0.05) is 0 Å². The summed E-state index contributed by atoms with van der Waals surface area (Å²) in [5.41, 5.74) is 1.85. The Labute approximate surface area is 119 Å². The third-order valence-corrected chi connectivity index (χ3v) is 3.28. The second kappa shape index (κ2) is 6.70. The molecule has 0 amide bonds. The molecule has 0 spiro atoms. The van der Waals surface area contributed by atoms with Gasteiger partial charge >= 0.3 is 5.97 Å². The maximum Gasteiger partial charge on any atom is 0.320 e. The minimum Gasteiger partial charge on any atom is -0.497 e. The Morgan fingerprint density at radius 3 is 2.80 bits per heavy atom. The van der Waals surface area contributed by atoms with Crippen molar-refractivity contribution in [1.29, 1.82) is 0 Å². The highest BCUT2D eigenvalue weighted by molar-refractivity contribution is 5.71. The molecular formula is C15H22N2O3. The molecule has 0 saturated heterocycles. The van der Waals surface area contributed by atoms with E-state index in [-0.39, 0.29) is 5.97 Å². The first kappa shape index (κ1) is 14.8. The monoisotopic (exact) mass is 278 g/mol. The first-order valence-corrected chi connectivity index (χ1v) is 7.03. The van der Waals surface area contributed by atoms with Gasteiger partial charge in [-0.2, -0.15) is 0 Å². The highest BCUT2D eigenvalue weighted by atomic mass is 16.5. The maximum absolute atomic E-state index is 11.7. The Morgan fingerprint density at radius 1 is 1.45 bits per heavy atom. The second-order valence-corrected chi connectivity index (χ2v) is 5.08. The molecule has 110 valence electrons. The number of aryl methyl sites for hydroxylation is 1. The molecule has 0 atom stereocenters. The zero-order chi connectivity index (χ0) is 14.5. The quantitative estimate of drug-likeness (QED) is 0.713. The number of aromatic nitrogens is 1. The Morgan fingerprint density at radius 2 is 2.20 bits per heavy atom. The van der Waals surface area contributed by atoms with Gasteiger partial charge in [0.2, 0.25) is 0 Å². The van der Waals surface area contributed by atoms with Crippen molar-refractivity contribution in [1.82, 2.24) is 9.88 Å². The van der Waals surface area contributed by atoms with Gasteiger partial charge in [-0.15, -0.1) is 0 Å². The summed E-state index contributed by atoms with van der Waals surface area (Å²) in [6, 6.07) is 4.30. The van der Waals surface area contributed by atoms with Crippen LogP contribution >= 0.6 is 0 Å². The molecule has 2 rings (SSSR count). The highest BCUT2D eigenvalue weighted by Gasteiger charge is 2.31. The van der Waals surface area contributed by atoms with Gasteiger partial charge in [-0.25, -0.2) is 0 Å². The van der Waals surface area contributed by atoms with Crippen LogP contribution in [0.3, 0.4) is 0 Å². The lowest BCUT2D eigenvalue weighted by Gasteiger charge is -2.20. The SMILES string of the molecule is CCOC(=O)CN(Cc1cc(OC)cc(C)n1)C1CC1. The summed E-state index contributed by atoms with van der Waals surface area (Å²) in [4.78, 5) is 18.3. The van der Waals surface area contributed by atoms with E-state index in [0.29, 0.717) is 25.7 Å². The van der Waals surface area contributed by atoms with E-state index < -0.39 is 0 Å². The average molecular weight is 278 g/mol. The standard InChI is InChI=1S/C15H22N2O3/c1-4-20-15(18)10-17(13-5-6-13)9-12-8-14(19-3)7-11(2)16-12/h7-8,13H,4-6,9-10H2,1-3H3. The van der Waals surface area contributed by atoms with Crippen LogP contribution < -0.4 is 4.74 Å². The van der Waals surface area contributed by atoms with Crippen molar-refractivity contribution >= 4 is 5.97 Å². The molecule has 0 aliphatic heterocycles. The topological polar surface area (TPSA) is 51.7 Å². The smallest absolute Gasteiger partial charge is 0.320 e. The zero-order valence-electron chi connectivity index (χ0n) is 12.4. The number of hydrogen-bond acceptors (Lipinski definition) is 5. The number of hydrogen-bond donors (Lipinski definition) is 0. The van der Waals surface area contributed by atoms with Crippen LogP contribution in [-0.2, 0) is 16.1 Å². The van der Waals surface area contributed by atoms with E-state index in [1.807, 2.05) is 26.0 Å². The van der Waals surface area contributed by atoms with Crippen molar-refractivity contribution in [3.63, 3.8) is 0 Å². The molecular weight excluding hydrogens is 256 g/mol. The van der Waals surface area contributed by atoms with Crippen LogP contribution in [0.4, 0.5) is 0 Å². The third-order valence-electron chi connectivity index (χ3n) is 3.28. The first-order chi connectivity index (χ1) is 9.62. The summed E-state index contributed by atoms with van der Waals surface area (Å²) in [6.07, 6.45) is 2.28. The highest BCUT2D eigenvalue weighted by Crippen LogP contribution is 2.28. The van der Waals surface area contributed by atoms with Crippen LogP contribution in [-0.4, -0.2) is 42.2 Å². The number of carbonyl (C=O) groups is 1. The number of carbonyl (C=O) groups excluding carboxylic acids is 1. The normalized spacial score (nSPS) is 14.4. The van der Waals surface area contributed by atoms with Crippen LogP contribution in [0, 0.1) is 6.92 Å². The number of esters is 1. The van der Waals surface area contributed by atoms with Gasteiger partial charge in [0.1, 0.15) is 5.75 Å². The Bertz CT molecular complexity index is 472. The van der Waals surface area contributed by atoms with Crippen molar-refractivity contribution in [2.45, 2.75) is 39.3 Å². The van der Waals surface area contributed by atoms with Gasteiger partial charge in [0.25, 0.3) is 0 Å². The van der Waals surface area contributed by atoms with E-state index in [2.05, 4.69) is 9.88 Å². The van der Waals surface area contributed by atoms with Gasteiger partial charge < -0.3 is 9.47 Å². The lowest BCUT2D eigenvalue weighted by atomic mass is 10.2. The van der Waals surface area contributed by atoms with Gasteiger partial charge in [-0.3, -0.25) is 14.7 Å². The summed E-state index contributed by atoms with van der Waals surface area (Å²) in [7, 11) is 1.65. The molecule has 1 heterocycles. The van der Waals surface area contributed by atoms with Crippen molar-refractivity contribution in [2.24, 2.45) is 0 Å². The lowest BCUT2D eigenvalue weighted by molar-refractivity contribution is -0.144. The molecule has 1 aliphatic rings. The molecule has 1 aromatic rings. The molecule has 0 radical (unpaired) electrons. The fourth-order valence-electron chi connectivity index (χ4n) is 2.24. The predicted molar refractivity (Wildman–Crippen MR) is 75.6 cm³/mol. The molecule has 1 fully saturated rings. The Balaban J connectivity index is 2.04. The van der Waals surface area contributed by atoms with Gasteiger partial charge in [0.15, 0.2) is 0 Å². The predicted octanol–water partition coefficient (Wildman–Crippen LogP) is 1.93. The lowest BCUT2D eigenvalue weighted by Crippen LogP contribution is -2.32. The van der Waals surface area contributed by atoms with E-state index in [9.17, 15) is 4.79 Å². The fourth-order valence-corrected chi connectivity index (χ4v) is 2.24. The molecule has 5 heteroatoms. The van der Waals surface area contributed by atoms with Crippen LogP contribution in [0.5, 0.6) is 5.75 Å². The minimum absolute atomic E-state index is 0.168. The summed E-state index contributed by atoms with van der Waals surface area (Å²) in [5.74, 6) is 0.637. The van der Waals surface area contributed by atoms with Crippen molar-refractivity contribution in [2.75, 3.05) is 20.3 Å². The summed E-state index contributed by atoms with van der Waals surface area (Å²) in [6.45, 7) is 5.18. The summed E-state index contributed by atoms with van der Waals surface area (Å²) < 4.78 is 10.3. The molecule has 1 saturated carbocycles. The number of methoxy groups -OCH3 is 1. The average Bonchev–Trinajstić information content (AvgIpc) is 3.21. The van der Waals surface area contributed by atoms with Gasteiger partial charge in [0.05, 0.1) is 26.0 Å². The zero-order valence-corrected chi connectivity index (χ0v) is 12.4. The van der Waals surface area contributed by atoms with E-state index in [1.165, 1.54) is 0 Å². The molecule has 1 aromatic heterocycles. The van der Waals surface area contributed by atoms with Crippen LogP contribution in [0.15, 0.2) is 12.1 Å². The Hall–Kier alpha value is -1.62. The van der Waals surface area contributed by atoms with Crippen molar-refractivity contribution < 1.29 is 14.3 Å². The molecule has 1 aliphatic carbocycles. The largest absolute Gasteiger partial charge is 0.497 e. The molecule has 0 aromatic carbocycles. The van der Waals surface area contributed by atoms with Crippen LogP contribution in [0.25, 0.3) is 0 Å². The molecule has 0 N–H and O–H groups in total. The second-order valence-electron chi connectivity index (χ2n) is 5.08. The Kier molecular flexibility index (Phi) is 4.95. The van der Waals surface area contributed by atoms with Crippen LogP contribution in [0.1, 0.15) is 31.2 Å². The first-order valence-electron chi connectivity index (χ1n) is 7.03. The van der Waals surface area contributed by atoms with Crippen molar-refractivity contribution in [3.05, 3.63) is 23.5 Å². The van der Waals surface area contributed by atoms with E-state index >= 15 is 0 Å².